The molecule has 3 N–H and O–H groups in total. The van der Waals surface area contributed by atoms with Crippen molar-refractivity contribution >= 4 is 41.7 Å². The minimum Gasteiger partial charge on any atom is -0.494 e. The van der Waals surface area contributed by atoms with Crippen LogP contribution in [0, 0.1) is 0 Å². The highest BCUT2D eigenvalue weighted by Gasteiger charge is 2.12. The van der Waals surface area contributed by atoms with E-state index in [2.05, 4.69) is 5.32 Å². The maximum Gasteiger partial charge on any atom is 0.236 e. The maximum atomic E-state index is 11.8. The number of benzene rings is 1. The number of carbonyl (C=O) groups excluding carboxylic acids is 1. The van der Waals surface area contributed by atoms with Gasteiger partial charge in [0.1, 0.15) is 5.75 Å². The molecule has 0 aliphatic carbocycles. The molecule has 1 amide bonds. The fraction of sp³-hybridized carbons (Fsp3) is 0.533. The molecule has 22 heavy (non-hydrogen) atoms. The molecule has 0 spiro atoms. The van der Waals surface area contributed by atoms with Crippen LogP contribution in [0.2, 0.25) is 5.02 Å². The third-order valence-corrected chi connectivity index (χ3v) is 3.86. The van der Waals surface area contributed by atoms with Crippen LogP contribution < -0.4 is 15.8 Å². The van der Waals surface area contributed by atoms with Crippen molar-refractivity contribution in [2.45, 2.75) is 25.8 Å². The van der Waals surface area contributed by atoms with Gasteiger partial charge in [0.25, 0.3) is 0 Å². The Hall–Kier alpha value is -0.620. The number of amides is 1. The first-order valence-corrected chi connectivity index (χ1v) is 8.79. The molecule has 0 fully saturated rings. The average molecular weight is 367 g/mol. The molecule has 0 radical (unpaired) electrons. The Bertz CT molecular complexity index is 461. The molecule has 4 nitrogen and oxygen atoms in total. The standard InChI is InChI=1S/C15H23ClN2O2S.ClH/c1-3-20-14-5-4-12(16)10-11(14)6-8-18-15(19)13(17)7-9-21-2;/h4-5,10,13H,3,6-9,17H2,1-2H3,(H,18,19);1H. The van der Waals surface area contributed by atoms with Crippen molar-refractivity contribution in [3.8, 4) is 5.75 Å². The van der Waals surface area contributed by atoms with Crippen LogP contribution in [-0.4, -0.2) is 37.1 Å². The van der Waals surface area contributed by atoms with Crippen LogP contribution in [0.5, 0.6) is 5.75 Å². The Labute approximate surface area is 147 Å². The monoisotopic (exact) mass is 366 g/mol. The SMILES string of the molecule is CCOc1ccc(Cl)cc1CCNC(=O)C(N)CCSC.Cl. The van der Waals surface area contributed by atoms with Gasteiger partial charge in [-0.25, -0.2) is 0 Å². The van der Waals surface area contributed by atoms with Gasteiger partial charge in [0, 0.05) is 11.6 Å². The van der Waals surface area contributed by atoms with E-state index in [0.717, 1.165) is 17.1 Å². The van der Waals surface area contributed by atoms with Gasteiger partial charge in [-0.05, 0) is 55.5 Å². The molecule has 7 heteroatoms. The predicted octanol–water partition coefficient (Wildman–Crippen LogP) is 2.90. The Morgan fingerprint density at radius 3 is 2.86 bits per heavy atom. The van der Waals surface area contributed by atoms with Crippen LogP contribution in [0.15, 0.2) is 18.2 Å². The summed E-state index contributed by atoms with van der Waals surface area (Å²) < 4.78 is 5.55. The molecule has 0 saturated carbocycles. The summed E-state index contributed by atoms with van der Waals surface area (Å²) in [6, 6.07) is 5.08. The number of halogens is 2. The second-order valence-corrected chi connectivity index (χ2v) is 6.04. The van der Waals surface area contributed by atoms with Crippen LogP contribution in [0.25, 0.3) is 0 Å². The molecule has 0 bridgehead atoms. The van der Waals surface area contributed by atoms with Crippen LogP contribution in [0.1, 0.15) is 18.9 Å². The van der Waals surface area contributed by atoms with Crippen LogP contribution in [-0.2, 0) is 11.2 Å². The van der Waals surface area contributed by atoms with Crippen molar-refractivity contribution in [3.05, 3.63) is 28.8 Å². The lowest BCUT2D eigenvalue weighted by Gasteiger charge is -2.13. The normalized spacial score (nSPS) is 11.5. The summed E-state index contributed by atoms with van der Waals surface area (Å²) in [5.74, 6) is 1.59. The topological polar surface area (TPSA) is 64.3 Å². The van der Waals surface area contributed by atoms with Crippen molar-refractivity contribution in [1.82, 2.24) is 5.32 Å². The maximum absolute atomic E-state index is 11.8. The number of hydrogen-bond acceptors (Lipinski definition) is 4. The summed E-state index contributed by atoms with van der Waals surface area (Å²) in [5.41, 5.74) is 6.80. The van der Waals surface area contributed by atoms with Gasteiger partial charge >= 0.3 is 0 Å². The van der Waals surface area contributed by atoms with E-state index < -0.39 is 6.04 Å². The molecule has 1 aromatic rings. The van der Waals surface area contributed by atoms with Gasteiger partial charge < -0.3 is 15.8 Å². The molecule has 1 aromatic carbocycles. The van der Waals surface area contributed by atoms with Gasteiger partial charge in [-0.3, -0.25) is 4.79 Å². The molecule has 1 atom stereocenters. The fourth-order valence-corrected chi connectivity index (χ4v) is 2.55. The lowest BCUT2D eigenvalue weighted by Crippen LogP contribution is -2.41. The number of rotatable bonds is 9. The van der Waals surface area contributed by atoms with Crippen molar-refractivity contribution in [2.24, 2.45) is 5.73 Å². The summed E-state index contributed by atoms with van der Waals surface area (Å²) in [4.78, 5) is 11.8. The zero-order chi connectivity index (χ0) is 15.7. The molecule has 0 aromatic heterocycles. The van der Waals surface area contributed by atoms with Crippen molar-refractivity contribution < 1.29 is 9.53 Å². The number of ether oxygens (including phenoxy) is 1. The van der Waals surface area contributed by atoms with Crippen molar-refractivity contribution in [2.75, 3.05) is 25.2 Å². The third kappa shape index (κ3) is 7.58. The highest BCUT2D eigenvalue weighted by Crippen LogP contribution is 2.23. The third-order valence-electron chi connectivity index (χ3n) is 2.99. The second kappa shape index (κ2) is 11.9. The number of nitrogens with one attached hydrogen (secondary N) is 1. The molecule has 1 rings (SSSR count). The Morgan fingerprint density at radius 2 is 2.23 bits per heavy atom. The van der Waals surface area contributed by atoms with E-state index in [0.29, 0.717) is 31.0 Å². The average Bonchev–Trinajstić information content (AvgIpc) is 2.47. The minimum atomic E-state index is -0.442. The molecular weight excluding hydrogens is 343 g/mol. The zero-order valence-corrected chi connectivity index (χ0v) is 15.3. The van der Waals surface area contributed by atoms with E-state index in [9.17, 15) is 4.79 Å². The molecule has 1 unspecified atom stereocenters. The fourth-order valence-electron chi connectivity index (χ4n) is 1.87. The lowest BCUT2D eigenvalue weighted by atomic mass is 10.1. The van der Waals surface area contributed by atoms with Crippen molar-refractivity contribution in [1.29, 1.82) is 0 Å². The van der Waals surface area contributed by atoms with Crippen LogP contribution >= 0.6 is 35.8 Å². The van der Waals surface area contributed by atoms with Crippen molar-refractivity contribution in [3.63, 3.8) is 0 Å². The first-order chi connectivity index (χ1) is 10.1. The molecule has 0 heterocycles. The molecule has 0 aliphatic rings. The first kappa shape index (κ1) is 21.4. The van der Waals surface area contributed by atoms with E-state index in [1.54, 1.807) is 17.8 Å². The summed E-state index contributed by atoms with van der Waals surface area (Å²) in [5, 5.41) is 3.52. The zero-order valence-electron chi connectivity index (χ0n) is 12.9. The van der Waals surface area contributed by atoms with E-state index in [-0.39, 0.29) is 18.3 Å². The number of thioether (sulfide) groups is 1. The van der Waals surface area contributed by atoms with Gasteiger partial charge in [-0.15, -0.1) is 12.4 Å². The van der Waals surface area contributed by atoms with Gasteiger partial charge in [-0.2, -0.15) is 11.8 Å². The van der Waals surface area contributed by atoms with Crippen LogP contribution in [0.3, 0.4) is 0 Å². The van der Waals surface area contributed by atoms with Gasteiger partial charge in [0.15, 0.2) is 0 Å². The lowest BCUT2D eigenvalue weighted by molar-refractivity contribution is -0.122. The molecule has 126 valence electrons. The van der Waals surface area contributed by atoms with E-state index in [1.807, 2.05) is 25.3 Å². The molecule has 0 saturated heterocycles. The number of carbonyl (C=O) groups is 1. The first-order valence-electron chi connectivity index (χ1n) is 7.02. The quantitative estimate of drug-likeness (QED) is 0.705. The summed E-state index contributed by atoms with van der Waals surface area (Å²) in [7, 11) is 0. The van der Waals surface area contributed by atoms with Gasteiger partial charge in [0.2, 0.25) is 5.91 Å². The number of nitrogens with two attached hydrogens (primary N) is 1. The van der Waals surface area contributed by atoms with E-state index in [4.69, 9.17) is 22.1 Å². The van der Waals surface area contributed by atoms with E-state index >= 15 is 0 Å². The Balaban J connectivity index is 0.00000441. The van der Waals surface area contributed by atoms with Crippen LogP contribution in [0.4, 0.5) is 0 Å². The van der Waals surface area contributed by atoms with Gasteiger partial charge in [0.05, 0.1) is 12.6 Å². The Kier molecular flexibility index (Phi) is 11.5. The number of hydrogen-bond donors (Lipinski definition) is 2. The predicted molar refractivity (Wildman–Crippen MR) is 97.6 cm³/mol. The highest BCUT2D eigenvalue weighted by molar-refractivity contribution is 7.98. The Morgan fingerprint density at radius 1 is 1.50 bits per heavy atom. The second-order valence-electron chi connectivity index (χ2n) is 4.61. The highest BCUT2D eigenvalue weighted by atomic mass is 35.5. The minimum absolute atomic E-state index is 0. The summed E-state index contributed by atoms with van der Waals surface area (Å²) in [6.07, 6.45) is 3.35. The van der Waals surface area contributed by atoms with Gasteiger partial charge in [-0.1, -0.05) is 11.6 Å². The molecular formula is C15H24Cl2N2O2S. The molecule has 0 aliphatic heterocycles. The smallest absolute Gasteiger partial charge is 0.236 e. The summed E-state index contributed by atoms with van der Waals surface area (Å²) >= 11 is 7.69. The van der Waals surface area contributed by atoms with E-state index in [1.165, 1.54) is 0 Å². The summed E-state index contributed by atoms with van der Waals surface area (Å²) in [6.45, 7) is 3.05. The largest absolute Gasteiger partial charge is 0.494 e.